The number of anilines is 2. The maximum atomic E-state index is 12.8. The molecular weight excluding hydrogens is 174 g/mol. The van der Waals surface area contributed by atoms with E-state index in [2.05, 4.69) is 0 Å². The van der Waals surface area contributed by atoms with Crippen molar-refractivity contribution in [2.45, 2.75) is 20.8 Å². The van der Waals surface area contributed by atoms with Crippen LogP contribution in [0.15, 0.2) is 6.07 Å². The van der Waals surface area contributed by atoms with Gasteiger partial charge in [0.25, 0.3) is 0 Å². The average Bonchev–Trinajstić information content (AvgIpc) is 2.15. The van der Waals surface area contributed by atoms with Crippen LogP contribution < -0.4 is 11.5 Å². The molecule has 0 radical (unpaired) electrons. The molecule has 74 valence electrons. The molecule has 0 saturated heterocycles. The number of benzene rings is 1. The molecule has 1 aromatic carbocycles. The summed E-state index contributed by atoms with van der Waals surface area (Å²) in [6, 6.07) is 1.01. The predicted octanol–water partition coefficient (Wildman–Crippen LogP) is 2.46. The lowest BCUT2D eigenvalue weighted by molar-refractivity contribution is 0.572. The summed E-state index contributed by atoms with van der Waals surface area (Å²) in [5.74, 6) is -1.45. The molecular formula is C9H14F2N2. The zero-order valence-corrected chi connectivity index (χ0v) is 7.99. The predicted molar refractivity (Wildman–Crippen MR) is 51.3 cm³/mol. The molecule has 0 aliphatic heterocycles. The Kier molecular flexibility index (Phi) is 4.17. The van der Waals surface area contributed by atoms with Gasteiger partial charge in [0.2, 0.25) is 0 Å². The van der Waals surface area contributed by atoms with E-state index in [-0.39, 0.29) is 16.9 Å². The van der Waals surface area contributed by atoms with Gasteiger partial charge in [0.05, 0.1) is 11.4 Å². The number of hydrogen-bond acceptors (Lipinski definition) is 2. The Bertz CT molecular complexity index is 272. The second-order valence-corrected chi connectivity index (χ2v) is 2.30. The summed E-state index contributed by atoms with van der Waals surface area (Å²) in [6.07, 6.45) is 0. The van der Waals surface area contributed by atoms with Gasteiger partial charge in [0, 0.05) is 5.56 Å². The van der Waals surface area contributed by atoms with Gasteiger partial charge >= 0.3 is 0 Å². The summed E-state index contributed by atoms with van der Waals surface area (Å²) < 4.78 is 25.5. The molecule has 0 atom stereocenters. The Balaban J connectivity index is 0.000000671. The van der Waals surface area contributed by atoms with Gasteiger partial charge < -0.3 is 11.5 Å². The standard InChI is InChI=1S/C7H8F2N2.C2H6/c1-3-4(8)2-5(10)7(11)6(3)9;1-2/h2H,10-11H2,1H3;1-2H3. The van der Waals surface area contributed by atoms with E-state index in [4.69, 9.17) is 11.5 Å². The molecule has 0 aromatic heterocycles. The van der Waals surface area contributed by atoms with Crippen LogP contribution >= 0.6 is 0 Å². The minimum absolute atomic E-state index is 0.0643. The molecule has 0 aliphatic carbocycles. The Hall–Kier alpha value is -1.32. The highest BCUT2D eigenvalue weighted by Crippen LogP contribution is 2.23. The first-order valence-electron chi connectivity index (χ1n) is 4.03. The topological polar surface area (TPSA) is 52.0 Å². The molecule has 0 aliphatic rings. The highest BCUT2D eigenvalue weighted by molar-refractivity contribution is 5.65. The van der Waals surface area contributed by atoms with Crippen molar-refractivity contribution in [3.05, 3.63) is 23.3 Å². The van der Waals surface area contributed by atoms with E-state index >= 15 is 0 Å². The summed E-state index contributed by atoms with van der Waals surface area (Å²) in [4.78, 5) is 0. The summed E-state index contributed by atoms with van der Waals surface area (Å²) in [6.45, 7) is 5.31. The quantitative estimate of drug-likeness (QED) is 0.614. The molecule has 1 rings (SSSR count). The molecule has 0 unspecified atom stereocenters. The molecule has 0 amide bonds. The van der Waals surface area contributed by atoms with Gasteiger partial charge in [0.15, 0.2) is 5.82 Å². The van der Waals surface area contributed by atoms with E-state index in [0.717, 1.165) is 6.07 Å². The molecule has 4 heteroatoms. The first-order valence-corrected chi connectivity index (χ1v) is 4.03. The van der Waals surface area contributed by atoms with Crippen molar-refractivity contribution in [2.24, 2.45) is 0 Å². The third-order valence-corrected chi connectivity index (χ3v) is 1.52. The third-order valence-electron chi connectivity index (χ3n) is 1.52. The summed E-state index contributed by atoms with van der Waals surface area (Å²) in [5.41, 5.74) is 10.0. The first-order chi connectivity index (χ1) is 6.04. The van der Waals surface area contributed by atoms with Crippen molar-refractivity contribution in [1.29, 1.82) is 0 Å². The number of nitrogens with two attached hydrogens (primary N) is 2. The van der Waals surface area contributed by atoms with Gasteiger partial charge in [-0.05, 0) is 13.0 Å². The summed E-state index contributed by atoms with van der Waals surface area (Å²) in [7, 11) is 0. The van der Waals surface area contributed by atoms with E-state index in [1.165, 1.54) is 6.92 Å². The number of hydrogen-bond donors (Lipinski definition) is 2. The molecule has 0 saturated carbocycles. The molecule has 2 nitrogen and oxygen atoms in total. The number of rotatable bonds is 0. The normalized spacial score (nSPS) is 9.00. The van der Waals surface area contributed by atoms with Crippen molar-refractivity contribution >= 4 is 11.4 Å². The van der Waals surface area contributed by atoms with E-state index < -0.39 is 11.6 Å². The maximum absolute atomic E-state index is 12.8. The number of halogens is 2. The van der Waals surface area contributed by atoms with Crippen LogP contribution in [0.4, 0.5) is 20.2 Å². The second-order valence-electron chi connectivity index (χ2n) is 2.30. The van der Waals surface area contributed by atoms with E-state index in [1.807, 2.05) is 13.8 Å². The lowest BCUT2D eigenvalue weighted by atomic mass is 10.1. The molecule has 4 N–H and O–H groups in total. The maximum Gasteiger partial charge on any atom is 0.154 e. The molecule has 0 heterocycles. The van der Waals surface area contributed by atoms with E-state index in [9.17, 15) is 8.78 Å². The zero-order chi connectivity index (χ0) is 10.6. The average molecular weight is 188 g/mol. The fourth-order valence-corrected chi connectivity index (χ4v) is 0.756. The lowest BCUT2D eigenvalue weighted by Crippen LogP contribution is -2.02. The minimum atomic E-state index is -0.775. The van der Waals surface area contributed by atoms with E-state index in [1.54, 1.807) is 0 Å². The summed E-state index contributed by atoms with van der Waals surface area (Å²) >= 11 is 0. The largest absolute Gasteiger partial charge is 0.397 e. The van der Waals surface area contributed by atoms with Gasteiger partial charge in [-0.1, -0.05) is 13.8 Å². The van der Waals surface area contributed by atoms with Crippen molar-refractivity contribution in [2.75, 3.05) is 11.5 Å². The number of nitrogen functional groups attached to an aromatic ring is 2. The molecule has 0 spiro atoms. The minimum Gasteiger partial charge on any atom is -0.397 e. The monoisotopic (exact) mass is 188 g/mol. The van der Waals surface area contributed by atoms with E-state index in [0.29, 0.717) is 0 Å². The zero-order valence-electron chi connectivity index (χ0n) is 7.99. The highest BCUT2D eigenvalue weighted by Gasteiger charge is 2.10. The first kappa shape index (κ1) is 11.7. The fourth-order valence-electron chi connectivity index (χ4n) is 0.756. The van der Waals surface area contributed by atoms with Crippen LogP contribution in [0.25, 0.3) is 0 Å². The van der Waals surface area contributed by atoms with Crippen LogP contribution in [0.2, 0.25) is 0 Å². The van der Waals surface area contributed by atoms with Crippen LogP contribution in [0.1, 0.15) is 19.4 Å². The van der Waals surface area contributed by atoms with Gasteiger partial charge in [0.1, 0.15) is 5.82 Å². The Morgan fingerprint density at radius 1 is 1.15 bits per heavy atom. The summed E-state index contributed by atoms with van der Waals surface area (Å²) in [5, 5.41) is 0. The van der Waals surface area contributed by atoms with Crippen LogP contribution in [0.5, 0.6) is 0 Å². The molecule has 1 aromatic rings. The molecule has 0 bridgehead atoms. The Morgan fingerprint density at radius 2 is 1.62 bits per heavy atom. The van der Waals surface area contributed by atoms with Crippen LogP contribution in [-0.2, 0) is 0 Å². The van der Waals surface area contributed by atoms with Crippen molar-refractivity contribution < 1.29 is 8.78 Å². The van der Waals surface area contributed by atoms with Gasteiger partial charge in [-0.15, -0.1) is 0 Å². The third kappa shape index (κ3) is 2.31. The highest BCUT2D eigenvalue weighted by atomic mass is 19.1. The molecule has 13 heavy (non-hydrogen) atoms. The van der Waals surface area contributed by atoms with Crippen molar-refractivity contribution in [1.82, 2.24) is 0 Å². The van der Waals surface area contributed by atoms with Gasteiger partial charge in [-0.2, -0.15) is 0 Å². The van der Waals surface area contributed by atoms with Crippen LogP contribution in [0.3, 0.4) is 0 Å². The smallest absolute Gasteiger partial charge is 0.154 e. The molecule has 0 fully saturated rings. The van der Waals surface area contributed by atoms with Crippen LogP contribution in [0, 0.1) is 18.6 Å². The van der Waals surface area contributed by atoms with Gasteiger partial charge in [-0.3, -0.25) is 0 Å². The second kappa shape index (κ2) is 4.64. The Morgan fingerprint density at radius 3 is 2.08 bits per heavy atom. The lowest BCUT2D eigenvalue weighted by Gasteiger charge is -2.04. The Labute approximate surface area is 76.5 Å². The van der Waals surface area contributed by atoms with Crippen molar-refractivity contribution in [3.63, 3.8) is 0 Å². The van der Waals surface area contributed by atoms with Crippen LogP contribution in [-0.4, -0.2) is 0 Å². The fraction of sp³-hybridized carbons (Fsp3) is 0.333. The van der Waals surface area contributed by atoms with Gasteiger partial charge in [-0.25, -0.2) is 8.78 Å². The SMILES string of the molecule is CC.Cc1c(F)cc(N)c(N)c1F. The van der Waals surface area contributed by atoms with Crippen molar-refractivity contribution in [3.8, 4) is 0 Å².